The maximum Gasteiger partial charge on any atom is 0.287 e. The molecule has 0 spiro atoms. The van der Waals surface area contributed by atoms with E-state index in [9.17, 15) is 4.79 Å². The fourth-order valence-corrected chi connectivity index (χ4v) is 1.76. The van der Waals surface area contributed by atoms with E-state index in [1.807, 2.05) is 5.43 Å². The average Bonchev–Trinajstić information content (AvgIpc) is 2.70. The SMILES string of the molecule is Cc1nn(-c2ncc(Cl)cc2Cl)nc1C(=O)NN. The maximum atomic E-state index is 11.4. The van der Waals surface area contributed by atoms with Crippen molar-refractivity contribution >= 4 is 29.1 Å². The molecule has 0 atom stereocenters. The van der Waals surface area contributed by atoms with Gasteiger partial charge in [0.05, 0.1) is 15.7 Å². The number of carbonyl (C=O) groups is 1. The normalized spacial score (nSPS) is 10.4. The molecule has 0 fully saturated rings. The van der Waals surface area contributed by atoms with Gasteiger partial charge in [-0.3, -0.25) is 10.2 Å². The van der Waals surface area contributed by atoms with Gasteiger partial charge in [-0.1, -0.05) is 23.2 Å². The molecule has 9 heteroatoms. The Bertz CT molecular complexity index is 611. The smallest absolute Gasteiger partial charge is 0.287 e. The molecule has 0 bridgehead atoms. The molecule has 2 aromatic rings. The first-order valence-corrected chi connectivity index (χ1v) is 5.55. The fourth-order valence-electron chi connectivity index (χ4n) is 1.31. The Balaban J connectivity index is 2.49. The molecule has 0 aliphatic carbocycles. The lowest BCUT2D eigenvalue weighted by atomic mass is 10.3. The topological polar surface area (TPSA) is 98.7 Å². The van der Waals surface area contributed by atoms with Crippen molar-refractivity contribution in [3.8, 4) is 5.82 Å². The Kier molecular flexibility index (Phi) is 3.46. The Hall–Kier alpha value is -1.70. The molecule has 7 nitrogen and oxygen atoms in total. The maximum absolute atomic E-state index is 11.4. The first kappa shape index (κ1) is 12.7. The minimum absolute atomic E-state index is 0.102. The van der Waals surface area contributed by atoms with Gasteiger partial charge in [0.1, 0.15) is 0 Å². The number of nitrogens with one attached hydrogen (secondary N) is 1. The van der Waals surface area contributed by atoms with E-state index in [0.717, 1.165) is 4.80 Å². The summed E-state index contributed by atoms with van der Waals surface area (Å²) in [5.74, 6) is 4.77. The fraction of sp³-hybridized carbons (Fsp3) is 0.111. The Morgan fingerprint density at radius 2 is 2.17 bits per heavy atom. The molecule has 2 aromatic heterocycles. The van der Waals surface area contributed by atoms with Crippen LogP contribution in [-0.4, -0.2) is 25.9 Å². The number of carbonyl (C=O) groups excluding carboxylic acids is 1. The number of amides is 1. The highest BCUT2D eigenvalue weighted by Crippen LogP contribution is 2.21. The van der Waals surface area contributed by atoms with Crippen LogP contribution < -0.4 is 11.3 Å². The van der Waals surface area contributed by atoms with Crippen LogP contribution in [0.15, 0.2) is 12.3 Å². The second kappa shape index (κ2) is 4.89. The van der Waals surface area contributed by atoms with E-state index >= 15 is 0 Å². The van der Waals surface area contributed by atoms with E-state index in [4.69, 9.17) is 29.0 Å². The molecule has 0 aliphatic rings. The predicted molar refractivity (Wildman–Crippen MR) is 65.6 cm³/mol. The van der Waals surface area contributed by atoms with Crippen molar-refractivity contribution in [3.05, 3.63) is 33.7 Å². The first-order valence-electron chi connectivity index (χ1n) is 4.79. The van der Waals surface area contributed by atoms with Gasteiger partial charge in [-0.2, -0.15) is 5.10 Å². The number of hydrogen-bond donors (Lipinski definition) is 2. The number of nitrogen functional groups attached to an aromatic ring is 1. The summed E-state index contributed by atoms with van der Waals surface area (Å²) in [7, 11) is 0. The van der Waals surface area contributed by atoms with Crippen molar-refractivity contribution in [2.24, 2.45) is 5.84 Å². The number of hydrazine groups is 1. The van der Waals surface area contributed by atoms with E-state index in [0.29, 0.717) is 10.7 Å². The van der Waals surface area contributed by atoms with Gasteiger partial charge >= 0.3 is 0 Å². The largest absolute Gasteiger partial charge is 0.289 e. The lowest BCUT2D eigenvalue weighted by molar-refractivity contribution is 0.0947. The zero-order chi connectivity index (χ0) is 13.3. The zero-order valence-corrected chi connectivity index (χ0v) is 10.7. The molecular weight excluding hydrogens is 279 g/mol. The molecule has 0 unspecified atom stereocenters. The molecule has 0 aromatic carbocycles. The molecule has 0 radical (unpaired) electrons. The van der Waals surface area contributed by atoms with Crippen molar-refractivity contribution in [2.45, 2.75) is 6.92 Å². The molecule has 1 amide bonds. The third kappa shape index (κ3) is 2.28. The average molecular weight is 287 g/mol. The van der Waals surface area contributed by atoms with E-state index < -0.39 is 5.91 Å². The molecule has 2 heterocycles. The monoisotopic (exact) mass is 286 g/mol. The number of aromatic nitrogens is 4. The van der Waals surface area contributed by atoms with E-state index in [1.165, 1.54) is 12.3 Å². The summed E-state index contributed by atoms with van der Waals surface area (Å²) in [4.78, 5) is 16.5. The van der Waals surface area contributed by atoms with Crippen molar-refractivity contribution in [2.75, 3.05) is 0 Å². The molecule has 0 aliphatic heterocycles. The molecule has 0 saturated heterocycles. The number of aryl methyl sites for hydroxylation is 1. The van der Waals surface area contributed by atoms with Crippen LogP contribution in [0.4, 0.5) is 0 Å². The van der Waals surface area contributed by atoms with Gasteiger partial charge in [-0.25, -0.2) is 10.8 Å². The molecule has 94 valence electrons. The number of rotatable bonds is 2. The summed E-state index contributed by atoms with van der Waals surface area (Å²) in [5.41, 5.74) is 2.49. The van der Waals surface area contributed by atoms with Gasteiger partial charge in [0.15, 0.2) is 11.5 Å². The van der Waals surface area contributed by atoms with Crippen LogP contribution in [0.5, 0.6) is 0 Å². The van der Waals surface area contributed by atoms with Gasteiger partial charge in [0, 0.05) is 6.20 Å². The summed E-state index contributed by atoms with van der Waals surface area (Å²) in [5, 5.41) is 8.68. The van der Waals surface area contributed by atoms with Crippen LogP contribution in [0, 0.1) is 6.92 Å². The van der Waals surface area contributed by atoms with Crippen molar-refractivity contribution < 1.29 is 4.79 Å². The van der Waals surface area contributed by atoms with Gasteiger partial charge in [0.2, 0.25) is 0 Å². The number of halogens is 2. The highest BCUT2D eigenvalue weighted by molar-refractivity contribution is 6.35. The van der Waals surface area contributed by atoms with Gasteiger partial charge in [-0.15, -0.1) is 9.90 Å². The van der Waals surface area contributed by atoms with Crippen molar-refractivity contribution in [1.29, 1.82) is 0 Å². The third-order valence-electron chi connectivity index (χ3n) is 2.11. The van der Waals surface area contributed by atoms with Gasteiger partial charge in [0.25, 0.3) is 5.91 Å². The zero-order valence-electron chi connectivity index (χ0n) is 9.19. The molecule has 3 N–H and O–H groups in total. The number of pyridine rings is 1. The van der Waals surface area contributed by atoms with Crippen molar-refractivity contribution in [3.63, 3.8) is 0 Å². The summed E-state index contributed by atoms with van der Waals surface area (Å²) in [6.45, 7) is 1.62. The second-order valence-electron chi connectivity index (χ2n) is 3.36. The summed E-state index contributed by atoms with van der Waals surface area (Å²) < 4.78 is 0. The molecule has 2 rings (SSSR count). The van der Waals surface area contributed by atoms with Gasteiger partial charge in [-0.05, 0) is 13.0 Å². The summed E-state index contributed by atoms with van der Waals surface area (Å²) in [6, 6.07) is 1.51. The summed E-state index contributed by atoms with van der Waals surface area (Å²) >= 11 is 11.7. The molecule has 18 heavy (non-hydrogen) atoms. The highest BCUT2D eigenvalue weighted by Gasteiger charge is 2.17. The molecule has 0 saturated carbocycles. The van der Waals surface area contributed by atoms with E-state index in [-0.39, 0.29) is 16.5 Å². The minimum Gasteiger partial charge on any atom is -0.289 e. The minimum atomic E-state index is -0.538. The quantitative estimate of drug-likeness (QED) is 0.485. The van der Waals surface area contributed by atoms with Crippen LogP contribution in [0.1, 0.15) is 16.2 Å². The summed E-state index contributed by atoms with van der Waals surface area (Å²) in [6.07, 6.45) is 1.41. The number of nitrogens with zero attached hydrogens (tertiary/aromatic N) is 4. The number of nitrogens with two attached hydrogens (primary N) is 1. The lowest BCUT2D eigenvalue weighted by Crippen LogP contribution is -2.30. The Morgan fingerprint density at radius 1 is 1.44 bits per heavy atom. The Labute approximate surface area is 112 Å². The first-order chi connectivity index (χ1) is 8.52. The number of hydrogen-bond acceptors (Lipinski definition) is 5. The molecular formula is C9H8Cl2N6O. The van der Waals surface area contributed by atoms with E-state index in [1.54, 1.807) is 6.92 Å². The van der Waals surface area contributed by atoms with Crippen LogP contribution in [-0.2, 0) is 0 Å². The third-order valence-corrected chi connectivity index (χ3v) is 2.59. The predicted octanol–water partition coefficient (Wildman–Crippen LogP) is 0.881. The standard InChI is InChI=1S/C9H8Cl2N6O/c1-4-7(9(18)14-12)16-17(15-4)8-6(11)2-5(10)3-13-8/h2-3H,12H2,1H3,(H,14,18). The van der Waals surface area contributed by atoms with Crippen LogP contribution >= 0.6 is 23.2 Å². The highest BCUT2D eigenvalue weighted by atomic mass is 35.5. The van der Waals surface area contributed by atoms with Gasteiger partial charge < -0.3 is 0 Å². The van der Waals surface area contributed by atoms with Crippen LogP contribution in [0.25, 0.3) is 5.82 Å². The Morgan fingerprint density at radius 3 is 2.78 bits per heavy atom. The van der Waals surface area contributed by atoms with Crippen LogP contribution in [0.3, 0.4) is 0 Å². The second-order valence-corrected chi connectivity index (χ2v) is 4.20. The van der Waals surface area contributed by atoms with E-state index in [2.05, 4.69) is 15.2 Å². The van der Waals surface area contributed by atoms with Crippen molar-refractivity contribution in [1.82, 2.24) is 25.4 Å². The lowest BCUT2D eigenvalue weighted by Gasteiger charge is -2.01. The van der Waals surface area contributed by atoms with Crippen LogP contribution in [0.2, 0.25) is 10.0 Å².